The summed E-state index contributed by atoms with van der Waals surface area (Å²) in [5, 5.41) is 0. The Morgan fingerprint density at radius 1 is 0.529 bits per heavy atom. The fraction of sp³-hybridized carbons (Fsp3) is 0.435. The second kappa shape index (κ2) is 14.7. The van der Waals surface area contributed by atoms with E-state index in [0.717, 1.165) is 104 Å². The van der Waals surface area contributed by atoms with Crippen LogP contribution in [0.25, 0.3) is 44.4 Å². The molecule has 0 aliphatic carbocycles. The summed E-state index contributed by atoms with van der Waals surface area (Å²) in [6.45, 7) is 15.8. The van der Waals surface area contributed by atoms with Gasteiger partial charge in [0.05, 0.1) is 29.9 Å². The highest BCUT2D eigenvalue weighted by Gasteiger charge is 2.21. The van der Waals surface area contributed by atoms with E-state index < -0.39 is 0 Å². The number of aryl methyl sites for hydroxylation is 7. The Balaban J connectivity index is 1.45. The normalized spacial score (nSPS) is 15.8. The molecule has 0 radical (unpaired) electrons. The van der Waals surface area contributed by atoms with Crippen molar-refractivity contribution >= 4 is 44.4 Å². The Bertz CT molecular complexity index is 2070. The third-order valence-electron chi connectivity index (χ3n) is 11.8. The van der Waals surface area contributed by atoms with Crippen molar-refractivity contribution in [3.05, 3.63) is 98.1 Å². The number of benzene rings is 1. The second-order valence-corrected chi connectivity index (χ2v) is 15.1. The third-order valence-corrected chi connectivity index (χ3v) is 11.8. The quantitative estimate of drug-likeness (QED) is 0.226. The molecule has 7 heterocycles. The number of methoxy groups -OCH3 is 1. The van der Waals surface area contributed by atoms with Crippen molar-refractivity contribution in [1.29, 1.82) is 0 Å². The zero-order chi connectivity index (χ0) is 35.8. The number of H-pyrrole nitrogens is 2. The monoisotopic (exact) mass is 680 g/mol. The van der Waals surface area contributed by atoms with Gasteiger partial charge in [-0.25, -0.2) is 9.97 Å². The third kappa shape index (κ3) is 6.72. The van der Waals surface area contributed by atoms with E-state index in [1.165, 1.54) is 85.1 Å². The number of nitrogens with zero attached hydrogens (tertiary/aromatic N) is 2. The summed E-state index contributed by atoms with van der Waals surface area (Å²) >= 11 is 0. The Kier molecular flexibility index (Phi) is 10.1. The predicted molar refractivity (Wildman–Crippen MR) is 216 cm³/mol. The molecule has 0 saturated carbocycles. The van der Waals surface area contributed by atoms with Gasteiger partial charge in [0.2, 0.25) is 0 Å². The van der Waals surface area contributed by atoms with Gasteiger partial charge >= 0.3 is 0 Å². The highest BCUT2D eigenvalue weighted by atomic mass is 16.5. The predicted octanol–water partition coefficient (Wildman–Crippen LogP) is 12.2. The molecule has 0 amide bonds. The van der Waals surface area contributed by atoms with Crippen molar-refractivity contribution < 1.29 is 4.74 Å². The second-order valence-electron chi connectivity index (χ2n) is 15.1. The van der Waals surface area contributed by atoms with Crippen LogP contribution in [0.5, 0.6) is 5.75 Å². The lowest BCUT2D eigenvalue weighted by molar-refractivity contribution is 0.402. The van der Waals surface area contributed by atoms with Gasteiger partial charge in [-0.1, -0.05) is 44.4 Å². The number of aromatic nitrogens is 4. The van der Waals surface area contributed by atoms with E-state index in [9.17, 15) is 0 Å². The van der Waals surface area contributed by atoms with Crippen LogP contribution in [0.3, 0.4) is 0 Å². The minimum atomic E-state index is 0.960. The number of rotatable bonds is 3. The average molecular weight is 681 g/mol. The fourth-order valence-corrected chi connectivity index (χ4v) is 8.91. The fourth-order valence-electron chi connectivity index (χ4n) is 8.91. The van der Waals surface area contributed by atoms with Crippen LogP contribution in [0.1, 0.15) is 141 Å². The molecule has 4 aliphatic heterocycles. The molecular weight excluding hydrogens is 625 g/mol. The first-order valence-electron chi connectivity index (χ1n) is 19.5. The number of fused-ring (bicyclic) bond motifs is 8. The molecule has 2 N–H and O–H groups in total. The standard InChI is InChI=1S/C46H56N4O/c1-9-34-28(4)38-23-40-31(7)37-20-16-12-14-18-33-22-27(3)21-32(46(33)51-8)17-13-11-15-19-36-30(6)41(49-44(36)25-42(34)47-38)24-39-29(5)35(10-2)43(48-39)26-45(37)50-40/h21-26,47-48H,9-20H2,1-8H3. The molecule has 5 heteroatoms. The molecule has 0 unspecified atom stereocenters. The number of hydrogen-bond donors (Lipinski definition) is 2. The van der Waals surface area contributed by atoms with E-state index in [1.807, 2.05) is 7.11 Å². The maximum absolute atomic E-state index is 6.08. The highest BCUT2D eigenvalue weighted by Crippen LogP contribution is 2.38. The molecule has 51 heavy (non-hydrogen) atoms. The minimum Gasteiger partial charge on any atom is -0.496 e. The van der Waals surface area contributed by atoms with Gasteiger partial charge in [0.1, 0.15) is 5.75 Å². The van der Waals surface area contributed by atoms with Gasteiger partial charge in [0, 0.05) is 22.1 Å². The number of aromatic amines is 2. The van der Waals surface area contributed by atoms with Gasteiger partial charge < -0.3 is 14.7 Å². The largest absolute Gasteiger partial charge is 0.496 e. The van der Waals surface area contributed by atoms with Crippen molar-refractivity contribution in [2.75, 3.05) is 7.11 Å². The first kappa shape index (κ1) is 35.0. The van der Waals surface area contributed by atoms with E-state index in [2.05, 4.69) is 94.8 Å². The van der Waals surface area contributed by atoms with Crippen LogP contribution < -0.4 is 4.74 Å². The van der Waals surface area contributed by atoms with Crippen molar-refractivity contribution in [1.82, 2.24) is 19.9 Å². The molecule has 0 saturated heterocycles. The SMILES string of the molecule is CCc1c(C)c2cc3nc4cc5[nH]c(cc6nc(cc1[nH]2)C(=C6C)CCCCCc1cc(C)cc(c1OC)CCCCCC4=C3C)c(C)c5CC. The molecule has 0 spiro atoms. The van der Waals surface area contributed by atoms with Crippen LogP contribution in [0.4, 0.5) is 0 Å². The minimum absolute atomic E-state index is 0.960. The Hall–Kier alpha value is -4.38. The summed E-state index contributed by atoms with van der Waals surface area (Å²) in [6, 6.07) is 13.9. The molecule has 4 aromatic rings. The molecule has 12 bridgehead atoms. The van der Waals surface area contributed by atoms with Crippen LogP contribution in [0, 0.1) is 20.8 Å². The number of hydrogen-bond acceptors (Lipinski definition) is 3. The van der Waals surface area contributed by atoms with Gasteiger partial charge in [0.25, 0.3) is 0 Å². The van der Waals surface area contributed by atoms with Crippen LogP contribution >= 0.6 is 0 Å². The molecule has 0 fully saturated rings. The lowest BCUT2D eigenvalue weighted by Crippen LogP contribution is -2.00. The first-order valence-corrected chi connectivity index (χ1v) is 19.5. The molecule has 0 atom stereocenters. The smallest absolute Gasteiger partial charge is 0.125 e. The van der Waals surface area contributed by atoms with E-state index in [4.69, 9.17) is 14.7 Å². The van der Waals surface area contributed by atoms with E-state index >= 15 is 0 Å². The molecule has 266 valence electrons. The van der Waals surface area contributed by atoms with Crippen LogP contribution in [-0.4, -0.2) is 27.0 Å². The highest BCUT2D eigenvalue weighted by molar-refractivity contribution is 5.95. The maximum Gasteiger partial charge on any atom is 0.125 e. The number of allylic oxidation sites excluding steroid dienone is 4. The Morgan fingerprint density at radius 2 is 0.941 bits per heavy atom. The molecule has 1 aromatic carbocycles. The lowest BCUT2D eigenvalue weighted by atomic mass is 9.94. The zero-order valence-corrected chi connectivity index (χ0v) is 32.3. The Morgan fingerprint density at radius 3 is 1.35 bits per heavy atom. The topological polar surface area (TPSA) is 66.6 Å². The first-order chi connectivity index (χ1) is 24.7. The van der Waals surface area contributed by atoms with Gasteiger partial charge in [-0.3, -0.25) is 0 Å². The number of ether oxygens (including phenoxy) is 1. The van der Waals surface area contributed by atoms with E-state index in [0.29, 0.717) is 0 Å². The van der Waals surface area contributed by atoms with Gasteiger partial charge in [-0.2, -0.15) is 0 Å². The Labute approximate surface area is 304 Å². The summed E-state index contributed by atoms with van der Waals surface area (Å²) in [4.78, 5) is 18.4. The van der Waals surface area contributed by atoms with Crippen LogP contribution in [-0.2, 0) is 25.7 Å². The van der Waals surface area contributed by atoms with Crippen molar-refractivity contribution in [2.45, 2.75) is 126 Å². The zero-order valence-electron chi connectivity index (χ0n) is 32.3. The average Bonchev–Trinajstić information content (AvgIpc) is 3.77. The van der Waals surface area contributed by atoms with Crippen molar-refractivity contribution in [2.24, 2.45) is 0 Å². The van der Waals surface area contributed by atoms with Crippen molar-refractivity contribution in [3.63, 3.8) is 0 Å². The van der Waals surface area contributed by atoms with Crippen LogP contribution in [0.15, 0.2) is 36.4 Å². The van der Waals surface area contributed by atoms with Crippen LogP contribution in [0.2, 0.25) is 0 Å². The van der Waals surface area contributed by atoms with Crippen molar-refractivity contribution in [3.8, 4) is 5.75 Å². The van der Waals surface area contributed by atoms with Gasteiger partial charge in [-0.05, 0) is 179 Å². The van der Waals surface area contributed by atoms with Gasteiger partial charge in [-0.15, -0.1) is 0 Å². The molecule has 4 aliphatic rings. The summed E-state index contributed by atoms with van der Waals surface area (Å²) in [7, 11) is 1.85. The molecule has 8 rings (SSSR count). The van der Waals surface area contributed by atoms with E-state index in [-0.39, 0.29) is 0 Å². The van der Waals surface area contributed by atoms with E-state index in [1.54, 1.807) is 0 Å². The van der Waals surface area contributed by atoms with Gasteiger partial charge in [0.15, 0.2) is 0 Å². The molecule has 5 nitrogen and oxygen atoms in total. The summed E-state index contributed by atoms with van der Waals surface area (Å²) in [5.74, 6) is 1.11. The summed E-state index contributed by atoms with van der Waals surface area (Å²) in [5.41, 5.74) is 23.7. The molecule has 3 aromatic heterocycles. The summed E-state index contributed by atoms with van der Waals surface area (Å²) in [6.07, 6.45) is 12.9. The summed E-state index contributed by atoms with van der Waals surface area (Å²) < 4.78 is 6.08. The maximum atomic E-state index is 6.08. The lowest BCUT2D eigenvalue weighted by Gasteiger charge is -2.15. The number of nitrogens with one attached hydrogen (secondary N) is 2. The molecular formula is C46H56N4O.